The smallest absolute Gasteiger partial charge is 0.278 e. The van der Waals surface area contributed by atoms with Crippen molar-refractivity contribution in [2.45, 2.75) is 0 Å². The van der Waals surface area contributed by atoms with E-state index in [1.807, 2.05) is 0 Å². The van der Waals surface area contributed by atoms with Crippen molar-refractivity contribution < 1.29 is 0 Å². The minimum absolute atomic E-state index is 0.461. The molecule has 0 amide bonds. The molecule has 3 nitrogen and oxygen atoms in total. The van der Waals surface area contributed by atoms with Gasteiger partial charge in [-0.05, 0) is 6.08 Å². The molecule has 3 heteroatoms. The highest BCUT2D eigenvalue weighted by atomic mass is 15.2. The van der Waals surface area contributed by atoms with Gasteiger partial charge in [-0.15, -0.1) is 0 Å². The number of nitrogens with two attached hydrogens (primary N) is 1. The second-order valence-electron chi connectivity index (χ2n) is 1.15. The Morgan fingerprint density at radius 1 is 1.71 bits per heavy atom. The maximum atomic E-state index is 5.18. The molecule has 35 valence electrons. The fraction of sp³-hybridized carbons (Fsp3) is 0. The lowest BCUT2D eigenvalue weighted by molar-refractivity contribution is 1.10. The second kappa shape index (κ2) is 1.55. The van der Waals surface area contributed by atoms with Crippen molar-refractivity contribution in [2.24, 2.45) is 10.8 Å². The zero-order chi connectivity index (χ0) is 5.11. The van der Waals surface area contributed by atoms with Crippen molar-refractivity contribution in [1.29, 1.82) is 0 Å². The van der Waals surface area contributed by atoms with E-state index >= 15 is 0 Å². The summed E-state index contributed by atoms with van der Waals surface area (Å²) in [6.45, 7) is 0. The molecule has 0 aromatic heterocycles. The van der Waals surface area contributed by atoms with E-state index in [2.05, 4.69) is 10.2 Å². The van der Waals surface area contributed by atoms with Crippen LogP contribution < -0.4 is 10.8 Å². The molecule has 0 aliphatic carbocycles. The molecule has 7 heavy (non-hydrogen) atoms. The van der Waals surface area contributed by atoms with E-state index in [9.17, 15) is 0 Å². The summed E-state index contributed by atoms with van der Waals surface area (Å²) in [4.78, 5) is 0. The van der Waals surface area contributed by atoms with Crippen LogP contribution in [0.4, 0.5) is 0 Å². The second-order valence-corrected chi connectivity index (χ2v) is 1.15. The number of hydrogen-bond acceptors (Lipinski definition) is 3. The molecule has 0 saturated carbocycles. The van der Waals surface area contributed by atoms with Crippen molar-refractivity contribution in [3.05, 3.63) is 12.2 Å². The van der Waals surface area contributed by atoms with Gasteiger partial charge in [0, 0.05) is 6.08 Å². The summed E-state index contributed by atoms with van der Waals surface area (Å²) in [5, 5.41) is 7.02. The first kappa shape index (κ1) is 4.05. The van der Waals surface area contributed by atoms with E-state index in [1.165, 1.54) is 0 Å². The molecule has 0 saturated heterocycles. The van der Waals surface area contributed by atoms with E-state index in [1.54, 1.807) is 18.4 Å². The van der Waals surface area contributed by atoms with Gasteiger partial charge in [0.25, 0.3) is 6.21 Å². The molecule has 0 aromatic rings. The third kappa shape index (κ3) is 0.855. The Hall–Kier alpha value is -1.12. The highest BCUT2D eigenvalue weighted by Crippen LogP contribution is 1.73. The number of allylic oxidation sites excluding steroid dienone is 1. The quantitative estimate of drug-likeness (QED) is 0.422. The van der Waals surface area contributed by atoms with E-state index in [4.69, 9.17) is 5.73 Å². The average Bonchev–Trinajstić information content (AvgIpc) is 1.69. The van der Waals surface area contributed by atoms with Gasteiger partial charge in [0.2, 0.25) is 5.10 Å². The van der Waals surface area contributed by atoms with Gasteiger partial charge in [-0.1, -0.05) is 0 Å². The summed E-state index contributed by atoms with van der Waals surface area (Å²) in [5.41, 5.74) is 5.18. The molecule has 1 heterocycles. The maximum absolute atomic E-state index is 5.18. The first-order chi connectivity index (χ1) is 3.39. The number of nitrogens with zero attached hydrogens (tertiary/aromatic N) is 2. The van der Waals surface area contributed by atoms with E-state index in [-0.39, 0.29) is 0 Å². The predicted molar refractivity (Wildman–Crippen MR) is 29.0 cm³/mol. The zero-order valence-corrected chi connectivity index (χ0v) is 3.70. The third-order valence-corrected chi connectivity index (χ3v) is 0.593. The minimum Gasteiger partial charge on any atom is -0.379 e. The topological polar surface area (TPSA) is 52.5 Å². The molecular weight excluding hydrogens is 90.1 g/mol. The van der Waals surface area contributed by atoms with Gasteiger partial charge in [-0.2, -0.15) is 0 Å². The van der Waals surface area contributed by atoms with Gasteiger partial charge in [0.1, 0.15) is 0 Å². The van der Waals surface area contributed by atoms with Crippen molar-refractivity contribution in [1.82, 2.24) is 5.10 Å². The monoisotopic (exact) mass is 95.0 g/mol. The lowest BCUT2D eigenvalue weighted by Crippen LogP contribution is -2.11. The lowest BCUT2D eigenvalue weighted by Gasteiger charge is -1.77. The molecule has 1 aliphatic rings. The highest BCUT2D eigenvalue weighted by molar-refractivity contribution is 5.96. The van der Waals surface area contributed by atoms with Gasteiger partial charge >= 0.3 is 0 Å². The van der Waals surface area contributed by atoms with Crippen LogP contribution in [-0.4, -0.2) is 12.1 Å². The molecule has 0 aromatic carbocycles. The van der Waals surface area contributed by atoms with Crippen LogP contribution in [0, 0.1) is 0 Å². The van der Waals surface area contributed by atoms with E-state index in [0.29, 0.717) is 5.84 Å². The standard InChI is InChI=1S/C4H5N3/c5-4-2-1-3-6-7-4/h1-3H,(H2,5,7)/q+1. The van der Waals surface area contributed by atoms with Crippen LogP contribution in [0.5, 0.6) is 0 Å². The van der Waals surface area contributed by atoms with Crippen LogP contribution in [-0.2, 0) is 0 Å². The molecule has 0 spiro atoms. The molecule has 0 atom stereocenters. The molecule has 0 fully saturated rings. The Kier molecular flexibility index (Phi) is 0.898. The van der Waals surface area contributed by atoms with Gasteiger partial charge in [0.15, 0.2) is 5.84 Å². The first-order valence-electron chi connectivity index (χ1n) is 1.93. The Morgan fingerprint density at radius 2 is 2.57 bits per heavy atom. The fourth-order valence-corrected chi connectivity index (χ4v) is 0.313. The summed E-state index contributed by atoms with van der Waals surface area (Å²) in [7, 11) is 0. The normalized spacial score (nSPS) is 16.9. The van der Waals surface area contributed by atoms with Gasteiger partial charge < -0.3 is 5.73 Å². The first-order valence-corrected chi connectivity index (χ1v) is 1.93. The number of hydrogen-bond donors (Lipinski definition) is 1. The van der Waals surface area contributed by atoms with Gasteiger partial charge in [-0.3, -0.25) is 0 Å². The minimum atomic E-state index is 0.461. The lowest BCUT2D eigenvalue weighted by atomic mass is 10.5. The molecule has 1 rings (SSSR count). The molecule has 1 aliphatic heterocycles. The van der Waals surface area contributed by atoms with Crippen molar-refractivity contribution >= 4 is 12.1 Å². The van der Waals surface area contributed by atoms with Crippen LogP contribution in [0.25, 0.3) is 0 Å². The van der Waals surface area contributed by atoms with Crippen LogP contribution >= 0.6 is 0 Å². The van der Waals surface area contributed by atoms with Crippen LogP contribution in [0.15, 0.2) is 17.3 Å². The Balaban J connectivity index is 2.82. The highest BCUT2D eigenvalue weighted by Gasteiger charge is 1.94. The average molecular weight is 95.1 g/mol. The van der Waals surface area contributed by atoms with Gasteiger partial charge in [-0.25, -0.2) is 0 Å². The molecule has 0 bridgehead atoms. The Labute approximate surface area is 41.2 Å². The van der Waals surface area contributed by atoms with E-state index in [0.717, 1.165) is 0 Å². The number of rotatable bonds is 0. The Morgan fingerprint density at radius 3 is 2.86 bits per heavy atom. The SMILES string of the molecule is NC1=N[N+]=CC=C1. The molecule has 0 unspecified atom stereocenters. The predicted octanol–water partition coefficient (Wildman–Crippen LogP) is -0.765. The maximum Gasteiger partial charge on any atom is 0.278 e. The molecule has 2 N–H and O–H groups in total. The summed E-state index contributed by atoms with van der Waals surface area (Å²) < 4.78 is 0. The number of amidine groups is 1. The largest absolute Gasteiger partial charge is 0.379 e. The van der Waals surface area contributed by atoms with Crippen LogP contribution in [0.1, 0.15) is 0 Å². The van der Waals surface area contributed by atoms with Crippen molar-refractivity contribution in [3.8, 4) is 0 Å². The molecule has 1 radical (unpaired) electrons. The van der Waals surface area contributed by atoms with Crippen molar-refractivity contribution in [3.63, 3.8) is 0 Å². The van der Waals surface area contributed by atoms with Crippen molar-refractivity contribution in [2.75, 3.05) is 0 Å². The summed E-state index contributed by atoms with van der Waals surface area (Å²) >= 11 is 0. The van der Waals surface area contributed by atoms with E-state index < -0.39 is 0 Å². The summed E-state index contributed by atoms with van der Waals surface area (Å²) in [6.07, 6.45) is 5.01. The van der Waals surface area contributed by atoms with Gasteiger partial charge in [0.05, 0.1) is 5.10 Å². The summed E-state index contributed by atoms with van der Waals surface area (Å²) in [6, 6.07) is 0. The molecular formula is C4H5N3+. The van der Waals surface area contributed by atoms with Crippen LogP contribution in [0.3, 0.4) is 0 Å². The zero-order valence-electron chi connectivity index (χ0n) is 3.70. The third-order valence-electron chi connectivity index (χ3n) is 0.593. The Bertz CT molecular complexity index is 143. The fourth-order valence-electron chi connectivity index (χ4n) is 0.313. The summed E-state index contributed by atoms with van der Waals surface area (Å²) in [5.74, 6) is 0.461. The van der Waals surface area contributed by atoms with Crippen LogP contribution in [0.2, 0.25) is 0 Å².